The molecular weight excluding hydrogens is 368 g/mol. The van der Waals surface area contributed by atoms with Crippen LogP contribution in [0.15, 0.2) is 55.0 Å². The van der Waals surface area contributed by atoms with Gasteiger partial charge in [0.15, 0.2) is 5.82 Å². The maximum absolute atomic E-state index is 12.6. The molecule has 1 N–H and O–H groups in total. The molecule has 0 aliphatic rings. The van der Waals surface area contributed by atoms with Gasteiger partial charge in [0.1, 0.15) is 0 Å². The Bertz CT molecular complexity index is 1180. The lowest BCUT2D eigenvalue weighted by atomic mass is 10.1. The molecule has 0 atom stereocenters. The first-order chi connectivity index (χ1) is 14.0. The molecule has 0 saturated carbocycles. The van der Waals surface area contributed by atoms with Crippen LogP contribution >= 0.6 is 0 Å². The van der Waals surface area contributed by atoms with Crippen LogP contribution in [-0.2, 0) is 7.05 Å². The van der Waals surface area contributed by atoms with Gasteiger partial charge in [0.2, 0.25) is 5.88 Å². The summed E-state index contributed by atoms with van der Waals surface area (Å²) in [5.74, 6) is 0.463. The van der Waals surface area contributed by atoms with E-state index in [1.807, 2.05) is 45.3 Å². The number of benzene rings is 1. The fourth-order valence-electron chi connectivity index (χ4n) is 2.90. The van der Waals surface area contributed by atoms with E-state index in [0.717, 1.165) is 22.0 Å². The number of ether oxygens (including phenoxy) is 1. The first-order valence-electron chi connectivity index (χ1n) is 9.18. The lowest BCUT2D eigenvalue weighted by molar-refractivity contribution is 0.102. The highest BCUT2D eigenvalue weighted by molar-refractivity contribution is 6.04. The summed E-state index contributed by atoms with van der Waals surface area (Å²) < 4.78 is 7.30. The van der Waals surface area contributed by atoms with Crippen LogP contribution in [0.25, 0.3) is 22.0 Å². The average Bonchev–Trinajstić information content (AvgIpc) is 3.13. The van der Waals surface area contributed by atoms with Gasteiger partial charge < -0.3 is 10.1 Å². The average molecular weight is 388 g/mol. The highest BCUT2D eigenvalue weighted by Crippen LogP contribution is 2.24. The molecular formula is C21H20N6O2. The molecule has 0 unspecified atom stereocenters. The van der Waals surface area contributed by atoms with Crippen LogP contribution in [-0.4, -0.2) is 37.0 Å². The minimum Gasteiger partial charge on any atom is -0.475 e. The van der Waals surface area contributed by atoms with E-state index in [-0.39, 0.29) is 12.0 Å². The lowest BCUT2D eigenvalue weighted by Crippen LogP contribution is -2.14. The maximum atomic E-state index is 12.6. The number of amides is 1. The van der Waals surface area contributed by atoms with Crippen molar-refractivity contribution >= 4 is 22.6 Å². The number of aromatic nitrogens is 5. The number of fused-ring (bicyclic) bond motifs is 1. The molecule has 146 valence electrons. The van der Waals surface area contributed by atoms with Gasteiger partial charge in [-0.1, -0.05) is 6.07 Å². The molecule has 4 aromatic rings. The lowest BCUT2D eigenvalue weighted by Gasteiger charge is -2.10. The van der Waals surface area contributed by atoms with Crippen LogP contribution < -0.4 is 10.1 Å². The van der Waals surface area contributed by atoms with E-state index >= 15 is 0 Å². The number of pyridine rings is 1. The molecule has 0 aliphatic carbocycles. The SMILES string of the molecule is CC(C)Oc1cc(C(=O)Nc2cc3cc(-c4cnn(C)c4)ccc3nn2)ccn1. The quantitative estimate of drug-likeness (QED) is 0.563. The first kappa shape index (κ1) is 18.5. The molecule has 4 rings (SSSR count). The number of aryl methyl sites for hydroxylation is 1. The van der Waals surface area contributed by atoms with E-state index in [2.05, 4.69) is 25.6 Å². The highest BCUT2D eigenvalue weighted by atomic mass is 16.5. The molecule has 8 heteroatoms. The smallest absolute Gasteiger partial charge is 0.257 e. The highest BCUT2D eigenvalue weighted by Gasteiger charge is 2.11. The van der Waals surface area contributed by atoms with Gasteiger partial charge in [-0.05, 0) is 43.7 Å². The number of carbonyl (C=O) groups is 1. The van der Waals surface area contributed by atoms with Crippen LogP contribution in [0, 0.1) is 0 Å². The van der Waals surface area contributed by atoms with Crippen molar-refractivity contribution < 1.29 is 9.53 Å². The van der Waals surface area contributed by atoms with Gasteiger partial charge in [0, 0.05) is 42.0 Å². The zero-order valence-electron chi connectivity index (χ0n) is 16.3. The molecule has 0 spiro atoms. The number of hydrogen-bond acceptors (Lipinski definition) is 6. The Morgan fingerprint density at radius 2 is 1.97 bits per heavy atom. The zero-order valence-corrected chi connectivity index (χ0v) is 16.3. The Morgan fingerprint density at radius 3 is 2.72 bits per heavy atom. The second-order valence-corrected chi connectivity index (χ2v) is 6.91. The van der Waals surface area contributed by atoms with Crippen molar-refractivity contribution in [1.29, 1.82) is 0 Å². The largest absolute Gasteiger partial charge is 0.475 e. The van der Waals surface area contributed by atoms with Crippen molar-refractivity contribution in [2.75, 3.05) is 5.32 Å². The van der Waals surface area contributed by atoms with Gasteiger partial charge in [0.25, 0.3) is 5.91 Å². The molecule has 0 fully saturated rings. The summed E-state index contributed by atoms with van der Waals surface area (Å²) in [6.07, 6.45) is 5.26. The third-order valence-corrected chi connectivity index (χ3v) is 4.22. The predicted octanol–water partition coefficient (Wildman–Crippen LogP) is 3.46. The van der Waals surface area contributed by atoms with Crippen LogP contribution in [0.4, 0.5) is 5.82 Å². The summed E-state index contributed by atoms with van der Waals surface area (Å²) in [7, 11) is 1.88. The van der Waals surface area contributed by atoms with E-state index in [4.69, 9.17) is 4.74 Å². The topological polar surface area (TPSA) is 94.8 Å². The third-order valence-electron chi connectivity index (χ3n) is 4.22. The Balaban J connectivity index is 1.58. The third kappa shape index (κ3) is 4.21. The Morgan fingerprint density at radius 1 is 1.10 bits per heavy atom. The maximum Gasteiger partial charge on any atom is 0.257 e. The molecule has 0 saturated heterocycles. The van der Waals surface area contributed by atoms with Crippen molar-refractivity contribution in [3.63, 3.8) is 0 Å². The fraction of sp³-hybridized carbons (Fsp3) is 0.190. The van der Waals surface area contributed by atoms with Gasteiger partial charge >= 0.3 is 0 Å². The van der Waals surface area contributed by atoms with Crippen LogP contribution in [0.3, 0.4) is 0 Å². The molecule has 1 aromatic carbocycles. The van der Waals surface area contributed by atoms with Gasteiger partial charge in [-0.15, -0.1) is 10.2 Å². The number of rotatable bonds is 5. The number of anilines is 1. The van der Waals surface area contributed by atoms with Crippen molar-refractivity contribution in [3.8, 4) is 17.0 Å². The fourth-order valence-corrected chi connectivity index (χ4v) is 2.90. The molecule has 3 heterocycles. The standard InChI is InChI=1S/C21H20N6O2/c1-13(2)29-20-10-15(6-7-22-20)21(28)24-19-9-16-8-14(4-5-18(16)25-26-19)17-11-23-27(3)12-17/h4-13H,1-3H3,(H,24,26,28). The summed E-state index contributed by atoms with van der Waals surface area (Å²) in [6.45, 7) is 3.80. The normalized spacial score (nSPS) is 11.0. The van der Waals surface area contributed by atoms with Crippen molar-refractivity contribution in [2.24, 2.45) is 7.05 Å². The molecule has 1 amide bonds. The van der Waals surface area contributed by atoms with E-state index in [0.29, 0.717) is 17.3 Å². The Hall–Kier alpha value is -3.81. The molecule has 29 heavy (non-hydrogen) atoms. The number of nitrogens with one attached hydrogen (secondary N) is 1. The van der Waals surface area contributed by atoms with E-state index in [9.17, 15) is 4.79 Å². The second kappa shape index (κ2) is 7.67. The summed E-state index contributed by atoms with van der Waals surface area (Å²) in [6, 6.07) is 10.9. The monoisotopic (exact) mass is 388 g/mol. The molecule has 0 radical (unpaired) electrons. The van der Waals surface area contributed by atoms with Gasteiger partial charge in [-0.2, -0.15) is 5.10 Å². The minimum absolute atomic E-state index is 0.0267. The van der Waals surface area contributed by atoms with Crippen LogP contribution in [0.5, 0.6) is 5.88 Å². The number of nitrogens with zero attached hydrogens (tertiary/aromatic N) is 5. The molecule has 0 aliphatic heterocycles. The van der Waals surface area contributed by atoms with Crippen molar-refractivity contribution in [2.45, 2.75) is 20.0 Å². The Labute approximate surface area is 167 Å². The van der Waals surface area contributed by atoms with Gasteiger partial charge in [0.05, 0.1) is 17.8 Å². The Kier molecular flexibility index (Phi) is 4.90. The van der Waals surface area contributed by atoms with Crippen LogP contribution in [0.1, 0.15) is 24.2 Å². The predicted molar refractivity (Wildman–Crippen MR) is 110 cm³/mol. The van der Waals surface area contributed by atoms with Gasteiger partial charge in [-0.3, -0.25) is 9.48 Å². The van der Waals surface area contributed by atoms with E-state index in [1.165, 1.54) is 0 Å². The van der Waals surface area contributed by atoms with Crippen molar-refractivity contribution in [1.82, 2.24) is 25.0 Å². The summed E-state index contributed by atoms with van der Waals surface area (Å²) >= 11 is 0. The van der Waals surface area contributed by atoms with Crippen molar-refractivity contribution in [3.05, 3.63) is 60.6 Å². The zero-order chi connectivity index (χ0) is 20.4. The molecule has 3 aromatic heterocycles. The van der Waals surface area contributed by atoms with E-state index in [1.54, 1.807) is 35.3 Å². The van der Waals surface area contributed by atoms with Crippen LogP contribution in [0.2, 0.25) is 0 Å². The number of hydrogen-bond donors (Lipinski definition) is 1. The second-order valence-electron chi connectivity index (χ2n) is 6.91. The molecule has 8 nitrogen and oxygen atoms in total. The van der Waals surface area contributed by atoms with E-state index < -0.39 is 0 Å². The minimum atomic E-state index is -0.307. The number of carbonyl (C=O) groups excluding carboxylic acids is 1. The molecule has 0 bridgehead atoms. The summed E-state index contributed by atoms with van der Waals surface area (Å²) in [5.41, 5.74) is 3.19. The summed E-state index contributed by atoms with van der Waals surface area (Å²) in [5, 5.41) is 16.2. The summed E-state index contributed by atoms with van der Waals surface area (Å²) in [4.78, 5) is 16.7. The van der Waals surface area contributed by atoms with Gasteiger partial charge in [-0.25, -0.2) is 4.98 Å². The first-order valence-corrected chi connectivity index (χ1v) is 9.18.